The molecule has 0 aliphatic carbocycles. The van der Waals surface area contributed by atoms with Gasteiger partial charge < -0.3 is 20.5 Å². The summed E-state index contributed by atoms with van der Waals surface area (Å²) in [6.07, 6.45) is -0.375. The number of hydrogen-bond donors (Lipinski definition) is 2. The highest BCUT2D eigenvalue weighted by molar-refractivity contribution is 6.35. The number of nitrogens with zero attached hydrogens (tertiary/aromatic N) is 1. The van der Waals surface area contributed by atoms with Crippen LogP contribution >= 0.6 is 23.2 Å². The standard InChI is InChI=1S/C22H25Cl2N3O3/c1-12-20(25)26-18-10-14(6-8-19(18)29-12)17(27-21(28)30-22(2,3)4)9-13-5-7-15(23)11-16(13)24/h5-8,10-12,17H,9H2,1-4H3,(H2,25,26)(H,27,28). The molecule has 0 saturated heterocycles. The number of amidine groups is 1. The van der Waals surface area contributed by atoms with Crippen molar-refractivity contribution in [2.24, 2.45) is 10.7 Å². The molecule has 2 unspecified atom stereocenters. The molecular formula is C22H25Cl2N3O3. The van der Waals surface area contributed by atoms with Gasteiger partial charge in [0.1, 0.15) is 22.9 Å². The SMILES string of the molecule is CC1Oc2ccc(C(Cc3ccc(Cl)cc3Cl)NC(=O)OC(C)(C)C)cc2N=C1N. The lowest BCUT2D eigenvalue weighted by Gasteiger charge is -2.26. The predicted octanol–water partition coefficient (Wildman–Crippen LogP) is 5.57. The van der Waals surface area contributed by atoms with Crippen LogP contribution in [0, 0.1) is 0 Å². The van der Waals surface area contributed by atoms with Gasteiger partial charge in [-0.2, -0.15) is 0 Å². The lowest BCUT2D eigenvalue weighted by Crippen LogP contribution is -2.36. The second kappa shape index (κ2) is 8.74. The lowest BCUT2D eigenvalue weighted by atomic mass is 9.98. The molecular weight excluding hydrogens is 425 g/mol. The highest BCUT2D eigenvalue weighted by Gasteiger charge is 2.24. The van der Waals surface area contributed by atoms with Crippen LogP contribution < -0.4 is 15.8 Å². The van der Waals surface area contributed by atoms with E-state index in [4.69, 9.17) is 38.4 Å². The van der Waals surface area contributed by atoms with E-state index in [1.54, 1.807) is 12.1 Å². The zero-order chi connectivity index (χ0) is 22.1. The summed E-state index contributed by atoms with van der Waals surface area (Å²) in [6.45, 7) is 7.27. The van der Waals surface area contributed by atoms with Crippen molar-refractivity contribution in [2.75, 3.05) is 0 Å². The van der Waals surface area contributed by atoms with Crippen molar-refractivity contribution in [3.8, 4) is 5.75 Å². The summed E-state index contributed by atoms with van der Waals surface area (Å²) in [4.78, 5) is 16.9. The molecule has 6 nitrogen and oxygen atoms in total. The van der Waals surface area contributed by atoms with Crippen molar-refractivity contribution >= 4 is 40.8 Å². The second-order valence-corrected chi connectivity index (χ2v) is 9.01. The number of halogens is 2. The summed E-state index contributed by atoms with van der Waals surface area (Å²) in [6, 6.07) is 10.4. The number of benzene rings is 2. The number of nitrogens with one attached hydrogen (secondary N) is 1. The Morgan fingerprint density at radius 3 is 2.67 bits per heavy atom. The van der Waals surface area contributed by atoms with Gasteiger partial charge >= 0.3 is 6.09 Å². The van der Waals surface area contributed by atoms with E-state index in [1.165, 1.54) is 0 Å². The number of carbonyl (C=O) groups excluding carboxylic acids is 1. The molecule has 1 amide bonds. The number of aliphatic imine (C=N–C) groups is 1. The summed E-state index contributed by atoms with van der Waals surface area (Å²) in [7, 11) is 0. The molecule has 8 heteroatoms. The maximum Gasteiger partial charge on any atom is 0.408 e. The molecule has 0 bridgehead atoms. The summed E-state index contributed by atoms with van der Waals surface area (Å²) in [5, 5.41) is 4.00. The molecule has 0 saturated carbocycles. The summed E-state index contributed by atoms with van der Waals surface area (Å²) in [5.74, 6) is 1.04. The number of hydrogen-bond acceptors (Lipinski definition) is 5. The Morgan fingerprint density at radius 1 is 1.27 bits per heavy atom. The molecule has 1 aliphatic heterocycles. The first kappa shape index (κ1) is 22.2. The fourth-order valence-corrected chi connectivity index (χ4v) is 3.51. The third-order valence-electron chi connectivity index (χ3n) is 4.49. The molecule has 1 heterocycles. The maximum absolute atomic E-state index is 12.5. The molecule has 0 spiro atoms. The molecule has 0 radical (unpaired) electrons. The molecule has 3 N–H and O–H groups in total. The number of nitrogens with two attached hydrogens (primary N) is 1. The van der Waals surface area contributed by atoms with Gasteiger partial charge in [-0.15, -0.1) is 0 Å². The Bertz CT molecular complexity index is 986. The minimum Gasteiger partial charge on any atom is -0.481 e. The molecule has 2 atom stereocenters. The van der Waals surface area contributed by atoms with E-state index in [0.717, 1.165) is 11.1 Å². The number of ether oxygens (including phenoxy) is 2. The molecule has 160 valence electrons. The van der Waals surface area contributed by atoms with Crippen LogP contribution in [0.4, 0.5) is 10.5 Å². The monoisotopic (exact) mass is 449 g/mol. The van der Waals surface area contributed by atoms with Crippen LogP contribution in [-0.4, -0.2) is 23.6 Å². The zero-order valence-electron chi connectivity index (χ0n) is 17.3. The van der Waals surface area contributed by atoms with Crippen LogP contribution in [0.2, 0.25) is 10.0 Å². The van der Waals surface area contributed by atoms with Gasteiger partial charge in [-0.25, -0.2) is 9.79 Å². The van der Waals surface area contributed by atoms with Crippen LogP contribution in [0.1, 0.15) is 44.9 Å². The van der Waals surface area contributed by atoms with Crippen LogP contribution in [0.25, 0.3) is 0 Å². The first-order valence-corrected chi connectivity index (χ1v) is 10.4. The lowest BCUT2D eigenvalue weighted by molar-refractivity contribution is 0.0503. The third-order valence-corrected chi connectivity index (χ3v) is 5.07. The topological polar surface area (TPSA) is 85.9 Å². The summed E-state index contributed by atoms with van der Waals surface area (Å²) < 4.78 is 11.2. The smallest absolute Gasteiger partial charge is 0.408 e. The van der Waals surface area contributed by atoms with Crippen molar-refractivity contribution in [2.45, 2.75) is 51.9 Å². The Morgan fingerprint density at radius 2 is 2.00 bits per heavy atom. The zero-order valence-corrected chi connectivity index (χ0v) is 18.8. The Labute approximate surface area is 186 Å². The quantitative estimate of drug-likeness (QED) is 0.638. The van der Waals surface area contributed by atoms with Gasteiger partial charge in [0.2, 0.25) is 0 Å². The first-order chi connectivity index (χ1) is 14.0. The molecule has 0 aromatic heterocycles. The Balaban J connectivity index is 1.93. The number of fused-ring (bicyclic) bond motifs is 1. The van der Waals surface area contributed by atoms with Gasteiger partial charge in [-0.1, -0.05) is 35.3 Å². The maximum atomic E-state index is 12.5. The van der Waals surface area contributed by atoms with Crippen molar-refractivity contribution in [3.63, 3.8) is 0 Å². The minimum atomic E-state index is -0.620. The van der Waals surface area contributed by atoms with E-state index in [-0.39, 0.29) is 6.10 Å². The van der Waals surface area contributed by atoms with E-state index in [0.29, 0.717) is 33.7 Å². The molecule has 2 aromatic carbocycles. The highest BCUT2D eigenvalue weighted by atomic mass is 35.5. The molecule has 3 rings (SSSR count). The van der Waals surface area contributed by atoms with Gasteiger partial charge in [0, 0.05) is 10.0 Å². The van der Waals surface area contributed by atoms with Crippen molar-refractivity contribution in [1.82, 2.24) is 5.32 Å². The largest absolute Gasteiger partial charge is 0.481 e. The number of alkyl carbamates (subject to hydrolysis) is 1. The Hall–Kier alpha value is -2.44. The van der Waals surface area contributed by atoms with E-state index in [2.05, 4.69) is 10.3 Å². The van der Waals surface area contributed by atoms with Crippen LogP contribution in [-0.2, 0) is 11.2 Å². The van der Waals surface area contributed by atoms with Gasteiger partial charge in [-0.3, -0.25) is 0 Å². The molecule has 2 aromatic rings. The van der Waals surface area contributed by atoms with Crippen LogP contribution in [0.3, 0.4) is 0 Å². The van der Waals surface area contributed by atoms with Crippen LogP contribution in [0.5, 0.6) is 5.75 Å². The number of amides is 1. The average Bonchev–Trinajstić information content (AvgIpc) is 2.62. The van der Waals surface area contributed by atoms with E-state index in [1.807, 2.05) is 52.0 Å². The van der Waals surface area contributed by atoms with E-state index >= 15 is 0 Å². The fourth-order valence-electron chi connectivity index (χ4n) is 3.03. The van der Waals surface area contributed by atoms with Crippen molar-refractivity contribution in [3.05, 3.63) is 57.6 Å². The normalized spacial score (nSPS) is 16.7. The van der Waals surface area contributed by atoms with E-state index in [9.17, 15) is 4.79 Å². The minimum absolute atomic E-state index is 0.285. The van der Waals surface area contributed by atoms with Gasteiger partial charge in [0.05, 0.1) is 6.04 Å². The second-order valence-electron chi connectivity index (χ2n) is 8.16. The van der Waals surface area contributed by atoms with Crippen LogP contribution in [0.15, 0.2) is 41.4 Å². The first-order valence-electron chi connectivity index (χ1n) is 9.60. The van der Waals surface area contributed by atoms with Crippen molar-refractivity contribution < 1.29 is 14.3 Å². The van der Waals surface area contributed by atoms with Gasteiger partial charge in [0.25, 0.3) is 0 Å². The number of carbonyl (C=O) groups is 1. The predicted molar refractivity (Wildman–Crippen MR) is 120 cm³/mol. The summed E-state index contributed by atoms with van der Waals surface area (Å²) in [5.41, 5.74) is 7.58. The molecule has 30 heavy (non-hydrogen) atoms. The number of rotatable bonds is 4. The molecule has 0 fully saturated rings. The average molecular weight is 450 g/mol. The fraction of sp³-hybridized carbons (Fsp3) is 0.364. The van der Waals surface area contributed by atoms with Gasteiger partial charge in [-0.05, 0) is 69.5 Å². The Kier molecular flexibility index (Phi) is 6.48. The van der Waals surface area contributed by atoms with E-state index < -0.39 is 17.7 Å². The summed E-state index contributed by atoms with van der Waals surface area (Å²) >= 11 is 12.4. The highest BCUT2D eigenvalue weighted by Crippen LogP contribution is 2.35. The molecule has 1 aliphatic rings. The third kappa shape index (κ3) is 5.58. The van der Waals surface area contributed by atoms with Crippen molar-refractivity contribution in [1.29, 1.82) is 0 Å². The van der Waals surface area contributed by atoms with Gasteiger partial charge in [0.15, 0.2) is 6.10 Å².